The zero-order valence-corrected chi connectivity index (χ0v) is 31.6. The first-order valence-electron chi connectivity index (χ1n) is 16.9. The Bertz CT molecular complexity index is 2370. The Balaban J connectivity index is 1.11. The average molecular weight is 731 g/mol. The second kappa shape index (κ2) is 14.4. The maximum atomic E-state index is 14.2. The third kappa shape index (κ3) is 6.74. The van der Waals surface area contributed by atoms with E-state index in [1.807, 2.05) is 87.2 Å². The van der Waals surface area contributed by atoms with Gasteiger partial charge in [0.15, 0.2) is 9.79 Å². The van der Waals surface area contributed by atoms with E-state index in [-0.39, 0.29) is 0 Å². The number of hydrogen-bond acceptors (Lipinski definition) is 7. The van der Waals surface area contributed by atoms with Crippen LogP contribution in [0, 0.1) is 27.7 Å². The Morgan fingerprint density at radius 3 is 1.27 bits per heavy atom. The molecule has 0 saturated carbocycles. The van der Waals surface area contributed by atoms with Crippen LogP contribution in [-0.2, 0) is 11.2 Å². The molecule has 4 heterocycles. The molecule has 8 rings (SSSR count). The SMILES string of the molecule is Cc1cccc(-c2nc(-c3ccc([S+]([O-])c4ccc(-c5nc(-c6cccc(C)c6)c(-c6ccncc6)s5)cc4C)c(C)c3)sc2-c2ccncc2)c1. The van der Waals surface area contributed by atoms with Crippen molar-refractivity contribution in [2.24, 2.45) is 0 Å². The molecule has 4 aromatic heterocycles. The molecule has 8 aromatic rings. The molecule has 0 aliphatic carbocycles. The first-order valence-corrected chi connectivity index (χ1v) is 19.7. The number of aryl methyl sites for hydroxylation is 4. The normalized spacial score (nSPS) is 11.3. The Morgan fingerprint density at radius 2 is 0.885 bits per heavy atom. The number of aromatic nitrogens is 4. The van der Waals surface area contributed by atoms with Gasteiger partial charge in [-0.05, 0) is 112 Å². The molecule has 0 aliphatic rings. The molecule has 0 amide bonds. The number of benzene rings is 4. The van der Waals surface area contributed by atoms with E-state index in [4.69, 9.17) is 9.97 Å². The van der Waals surface area contributed by atoms with E-state index in [1.54, 1.807) is 22.7 Å². The Hall–Kier alpha value is -5.25. The molecule has 254 valence electrons. The second-order valence-electron chi connectivity index (χ2n) is 12.8. The van der Waals surface area contributed by atoms with Gasteiger partial charge in [-0.3, -0.25) is 9.97 Å². The molecule has 0 radical (unpaired) electrons. The van der Waals surface area contributed by atoms with Gasteiger partial charge < -0.3 is 4.55 Å². The summed E-state index contributed by atoms with van der Waals surface area (Å²) in [6.45, 7) is 8.26. The summed E-state index contributed by atoms with van der Waals surface area (Å²) in [6.07, 6.45) is 7.27. The van der Waals surface area contributed by atoms with Gasteiger partial charge in [0.25, 0.3) is 0 Å². The zero-order chi connectivity index (χ0) is 35.8. The van der Waals surface area contributed by atoms with Crippen molar-refractivity contribution in [3.63, 3.8) is 0 Å². The monoisotopic (exact) mass is 730 g/mol. The molecule has 0 spiro atoms. The highest BCUT2D eigenvalue weighted by molar-refractivity contribution is 7.91. The highest BCUT2D eigenvalue weighted by atomic mass is 32.2. The van der Waals surface area contributed by atoms with Crippen molar-refractivity contribution in [3.8, 4) is 64.5 Å². The minimum Gasteiger partial charge on any atom is -0.606 e. The summed E-state index contributed by atoms with van der Waals surface area (Å²) in [7, 11) is 0. The van der Waals surface area contributed by atoms with E-state index < -0.39 is 11.2 Å². The van der Waals surface area contributed by atoms with Gasteiger partial charge in [0.2, 0.25) is 0 Å². The van der Waals surface area contributed by atoms with Crippen LogP contribution in [0.4, 0.5) is 0 Å². The highest BCUT2D eigenvalue weighted by Crippen LogP contribution is 2.43. The zero-order valence-electron chi connectivity index (χ0n) is 29.1. The van der Waals surface area contributed by atoms with Crippen LogP contribution >= 0.6 is 22.7 Å². The van der Waals surface area contributed by atoms with Crippen molar-refractivity contribution in [2.45, 2.75) is 37.5 Å². The van der Waals surface area contributed by atoms with Gasteiger partial charge in [-0.15, -0.1) is 22.7 Å². The minimum atomic E-state index is -1.37. The van der Waals surface area contributed by atoms with Crippen LogP contribution in [0.3, 0.4) is 0 Å². The summed E-state index contributed by atoms with van der Waals surface area (Å²) in [5.41, 5.74) is 12.5. The molecule has 0 fully saturated rings. The van der Waals surface area contributed by atoms with Crippen molar-refractivity contribution >= 4 is 33.8 Å². The molecular formula is C44H34N4OS3. The molecule has 0 unspecified atom stereocenters. The molecular weight excluding hydrogens is 697 g/mol. The molecule has 8 heteroatoms. The van der Waals surface area contributed by atoms with Gasteiger partial charge >= 0.3 is 0 Å². The number of thiazole rings is 2. The van der Waals surface area contributed by atoms with Crippen molar-refractivity contribution in [1.82, 2.24) is 19.9 Å². The lowest BCUT2D eigenvalue weighted by Crippen LogP contribution is -2.06. The van der Waals surface area contributed by atoms with Gasteiger partial charge in [0, 0.05) is 69.3 Å². The third-order valence-corrected chi connectivity index (χ3v) is 13.0. The first kappa shape index (κ1) is 33.9. The van der Waals surface area contributed by atoms with E-state index in [0.29, 0.717) is 0 Å². The van der Waals surface area contributed by atoms with Crippen LogP contribution in [0.5, 0.6) is 0 Å². The molecule has 0 saturated heterocycles. The summed E-state index contributed by atoms with van der Waals surface area (Å²) in [6, 6.07) is 37.3. The summed E-state index contributed by atoms with van der Waals surface area (Å²) < 4.78 is 14.2. The topological polar surface area (TPSA) is 74.6 Å². The quantitative estimate of drug-likeness (QED) is 0.146. The predicted molar refractivity (Wildman–Crippen MR) is 216 cm³/mol. The standard InChI is InChI=1S/C44H34N4OS3/c1-27-7-5-9-33(23-27)39-41(31-15-19-45-20-16-31)50-43(47-39)35-11-13-37(29(3)25-35)52(49)38-14-12-36(26-30(38)4)44-48-40(34-10-6-8-28(2)24-34)42(51-44)32-17-21-46-22-18-32/h5-26H,1-4H3. The van der Waals surface area contributed by atoms with E-state index >= 15 is 0 Å². The smallest absolute Gasteiger partial charge is 0.161 e. The van der Waals surface area contributed by atoms with Crippen LogP contribution < -0.4 is 0 Å². The van der Waals surface area contributed by atoms with Crippen LogP contribution in [0.2, 0.25) is 0 Å². The fraction of sp³-hybridized carbons (Fsp3) is 0.0909. The number of pyridine rings is 2. The number of nitrogens with zero attached hydrogens (tertiary/aromatic N) is 4. The fourth-order valence-electron chi connectivity index (χ4n) is 6.36. The molecule has 0 bridgehead atoms. The van der Waals surface area contributed by atoms with Gasteiger partial charge in [-0.25, -0.2) is 9.97 Å². The van der Waals surface area contributed by atoms with E-state index in [9.17, 15) is 4.55 Å². The lowest BCUT2D eigenvalue weighted by Gasteiger charge is -2.15. The van der Waals surface area contributed by atoms with Gasteiger partial charge in [-0.2, -0.15) is 0 Å². The summed E-state index contributed by atoms with van der Waals surface area (Å²) in [4.78, 5) is 22.5. The predicted octanol–water partition coefficient (Wildman–Crippen LogP) is 11.8. The molecule has 0 N–H and O–H groups in total. The Morgan fingerprint density at radius 1 is 0.462 bits per heavy atom. The van der Waals surface area contributed by atoms with E-state index in [0.717, 1.165) is 85.5 Å². The summed E-state index contributed by atoms with van der Waals surface area (Å²) >= 11 is 1.96. The lowest BCUT2D eigenvalue weighted by atomic mass is 10.1. The highest BCUT2D eigenvalue weighted by Gasteiger charge is 2.24. The molecule has 5 nitrogen and oxygen atoms in total. The van der Waals surface area contributed by atoms with Gasteiger partial charge in [0.1, 0.15) is 10.0 Å². The third-order valence-electron chi connectivity index (χ3n) is 8.97. The van der Waals surface area contributed by atoms with Crippen LogP contribution in [0.1, 0.15) is 22.3 Å². The molecule has 0 atom stereocenters. The Kier molecular flexibility index (Phi) is 9.38. The minimum absolute atomic E-state index is 0.792. The Labute approximate surface area is 315 Å². The summed E-state index contributed by atoms with van der Waals surface area (Å²) in [5, 5.41) is 1.84. The maximum absolute atomic E-state index is 14.2. The summed E-state index contributed by atoms with van der Waals surface area (Å²) in [5.74, 6) is 0. The van der Waals surface area contributed by atoms with Crippen molar-refractivity contribution in [3.05, 3.63) is 156 Å². The van der Waals surface area contributed by atoms with E-state index in [1.165, 1.54) is 11.1 Å². The fourth-order valence-corrected chi connectivity index (χ4v) is 9.86. The van der Waals surface area contributed by atoms with Crippen LogP contribution in [0.15, 0.2) is 144 Å². The average Bonchev–Trinajstić information content (AvgIpc) is 3.82. The number of hydrogen-bond donors (Lipinski definition) is 0. The van der Waals surface area contributed by atoms with Crippen LogP contribution in [-0.4, -0.2) is 24.5 Å². The number of rotatable bonds is 8. The van der Waals surface area contributed by atoms with Crippen molar-refractivity contribution in [2.75, 3.05) is 0 Å². The molecule has 0 aliphatic heterocycles. The first-order chi connectivity index (χ1) is 25.3. The molecule has 4 aromatic carbocycles. The largest absolute Gasteiger partial charge is 0.606 e. The van der Waals surface area contributed by atoms with Crippen molar-refractivity contribution < 1.29 is 4.55 Å². The van der Waals surface area contributed by atoms with Crippen molar-refractivity contribution in [1.29, 1.82) is 0 Å². The van der Waals surface area contributed by atoms with Gasteiger partial charge in [0.05, 0.1) is 21.1 Å². The second-order valence-corrected chi connectivity index (χ2v) is 16.2. The lowest BCUT2D eigenvalue weighted by molar-refractivity contribution is 0.594. The van der Waals surface area contributed by atoms with Gasteiger partial charge in [-0.1, -0.05) is 47.5 Å². The maximum Gasteiger partial charge on any atom is 0.161 e. The van der Waals surface area contributed by atoms with E-state index in [2.05, 4.69) is 84.5 Å². The molecule has 52 heavy (non-hydrogen) atoms. The van der Waals surface area contributed by atoms with Crippen LogP contribution in [0.25, 0.3) is 64.5 Å².